The summed E-state index contributed by atoms with van der Waals surface area (Å²) in [6, 6.07) is 15.1. The van der Waals surface area contributed by atoms with Crippen molar-refractivity contribution in [1.82, 2.24) is 19.7 Å². The van der Waals surface area contributed by atoms with E-state index in [0.717, 1.165) is 5.56 Å². The summed E-state index contributed by atoms with van der Waals surface area (Å²) in [5.41, 5.74) is 7.72. The van der Waals surface area contributed by atoms with E-state index in [1.807, 2.05) is 30.3 Å². The third-order valence-corrected chi connectivity index (χ3v) is 5.59. The molecule has 0 aliphatic carbocycles. The number of nitrogens with one attached hydrogen (secondary N) is 1. The predicted octanol–water partition coefficient (Wildman–Crippen LogP) is 4.68. The lowest BCUT2D eigenvalue weighted by Gasteiger charge is -2.23. The maximum Gasteiger partial charge on any atom is 0.346 e. The molecule has 1 aliphatic heterocycles. The van der Waals surface area contributed by atoms with Gasteiger partial charge in [0.25, 0.3) is 0 Å². The van der Waals surface area contributed by atoms with Crippen LogP contribution in [0.3, 0.4) is 0 Å². The zero-order chi connectivity index (χ0) is 22.2. The number of nitrogens with two attached hydrogens (primary N) is 1. The number of carbonyl (C=O) groups is 1. The summed E-state index contributed by atoms with van der Waals surface area (Å²) in [5.74, 6) is -0.556. The van der Waals surface area contributed by atoms with Gasteiger partial charge in [-0.15, -0.1) is 5.10 Å². The van der Waals surface area contributed by atoms with E-state index in [4.69, 9.17) is 22.2 Å². The summed E-state index contributed by atoms with van der Waals surface area (Å²) in [5, 5.41) is 7.92. The highest BCUT2D eigenvalue weighted by Gasteiger charge is 2.32. The maximum atomic E-state index is 15.5. The number of carbonyl (C=O) groups excluding carboxylic acids is 1. The van der Waals surface area contributed by atoms with Crippen LogP contribution in [0, 0.1) is 5.82 Å². The molecule has 0 unspecified atom stereocenters. The SMILES string of the molecule is Nc1nc2ccc(-c3ccc(Cl)c(NC(=O)N4OCC[C@H]4c4ccccc4)c3F)cn2n1. The standard InChI is InChI=1S/C22H18ClFN6O2/c23-16-8-7-15(14-6-9-18-26-21(25)28-29(18)12-14)19(24)20(16)27-22(31)30-17(10-11-32-30)13-4-2-1-3-5-13/h1-9,12,17H,10-11H2,(H2,25,28)(H,27,31)/t17-/m0/s1. The first-order valence-electron chi connectivity index (χ1n) is 9.89. The second-order valence-electron chi connectivity index (χ2n) is 7.28. The summed E-state index contributed by atoms with van der Waals surface area (Å²) in [6.45, 7) is 0.379. The van der Waals surface area contributed by atoms with Crippen LogP contribution >= 0.6 is 11.6 Å². The lowest BCUT2D eigenvalue weighted by atomic mass is 10.0. The van der Waals surface area contributed by atoms with Crippen molar-refractivity contribution >= 4 is 34.9 Å². The Morgan fingerprint density at radius 2 is 2.00 bits per heavy atom. The highest BCUT2D eigenvalue weighted by molar-refractivity contribution is 6.33. The number of rotatable bonds is 3. The van der Waals surface area contributed by atoms with Crippen LogP contribution in [-0.4, -0.2) is 32.3 Å². The van der Waals surface area contributed by atoms with E-state index in [9.17, 15) is 4.79 Å². The van der Waals surface area contributed by atoms with Crippen molar-refractivity contribution in [3.63, 3.8) is 0 Å². The van der Waals surface area contributed by atoms with Crippen LogP contribution in [0.4, 0.5) is 20.8 Å². The Morgan fingerprint density at radius 1 is 1.19 bits per heavy atom. The van der Waals surface area contributed by atoms with Crippen molar-refractivity contribution in [1.29, 1.82) is 0 Å². The molecule has 32 heavy (non-hydrogen) atoms. The van der Waals surface area contributed by atoms with E-state index in [0.29, 0.717) is 24.2 Å². The minimum absolute atomic E-state index is 0.0705. The highest BCUT2D eigenvalue weighted by Crippen LogP contribution is 2.35. The van der Waals surface area contributed by atoms with Crippen LogP contribution in [0.15, 0.2) is 60.8 Å². The summed E-state index contributed by atoms with van der Waals surface area (Å²) in [4.78, 5) is 22.5. The van der Waals surface area contributed by atoms with Crippen LogP contribution in [0.5, 0.6) is 0 Å². The van der Waals surface area contributed by atoms with Gasteiger partial charge in [-0.1, -0.05) is 41.9 Å². The average molecular weight is 453 g/mol. The normalized spacial score (nSPS) is 15.9. The molecule has 0 saturated carbocycles. The molecule has 1 saturated heterocycles. The first kappa shape index (κ1) is 20.2. The van der Waals surface area contributed by atoms with Gasteiger partial charge in [0.15, 0.2) is 11.5 Å². The second-order valence-corrected chi connectivity index (χ2v) is 7.69. The van der Waals surface area contributed by atoms with Crippen LogP contribution < -0.4 is 11.1 Å². The molecule has 5 rings (SSSR count). The number of halogens is 2. The van der Waals surface area contributed by atoms with Gasteiger partial charge in [0, 0.05) is 23.7 Å². The van der Waals surface area contributed by atoms with Crippen molar-refractivity contribution in [2.45, 2.75) is 12.5 Å². The van der Waals surface area contributed by atoms with E-state index >= 15 is 4.39 Å². The Labute approximate surface area is 187 Å². The molecule has 4 aromatic rings. The lowest BCUT2D eigenvalue weighted by Crippen LogP contribution is -2.33. The molecule has 1 aliphatic rings. The fourth-order valence-corrected chi connectivity index (χ4v) is 3.95. The van der Waals surface area contributed by atoms with E-state index in [2.05, 4.69) is 15.4 Å². The number of anilines is 2. The molecule has 1 atom stereocenters. The number of hydroxylamine groups is 2. The molecule has 162 valence electrons. The van der Waals surface area contributed by atoms with Crippen LogP contribution in [-0.2, 0) is 4.84 Å². The number of benzene rings is 2. The van der Waals surface area contributed by atoms with Gasteiger partial charge in [-0.25, -0.2) is 13.7 Å². The van der Waals surface area contributed by atoms with Crippen molar-refractivity contribution in [2.24, 2.45) is 0 Å². The van der Waals surface area contributed by atoms with Crippen LogP contribution in [0.1, 0.15) is 18.0 Å². The van der Waals surface area contributed by atoms with Gasteiger partial charge in [-0.2, -0.15) is 10.0 Å². The molecule has 0 bridgehead atoms. The van der Waals surface area contributed by atoms with Crippen LogP contribution in [0.25, 0.3) is 16.8 Å². The smallest absolute Gasteiger partial charge is 0.346 e. The second kappa shape index (κ2) is 8.10. The summed E-state index contributed by atoms with van der Waals surface area (Å²) in [6.07, 6.45) is 2.24. The highest BCUT2D eigenvalue weighted by atomic mass is 35.5. The monoisotopic (exact) mass is 452 g/mol. The van der Waals surface area contributed by atoms with E-state index in [1.165, 1.54) is 21.7 Å². The van der Waals surface area contributed by atoms with Gasteiger partial charge in [0.1, 0.15) is 0 Å². The predicted molar refractivity (Wildman–Crippen MR) is 118 cm³/mol. The topological polar surface area (TPSA) is 97.8 Å². The van der Waals surface area contributed by atoms with Gasteiger partial charge >= 0.3 is 6.03 Å². The van der Waals surface area contributed by atoms with Crippen LogP contribution in [0.2, 0.25) is 5.02 Å². The zero-order valence-electron chi connectivity index (χ0n) is 16.7. The molecule has 0 spiro atoms. The molecule has 10 heteroatoms. The Morgan fingerprint density at radius 3 is 2.81 bits per heavy atom. The first-order valence-corrected chi connectivity index (χ1v) is 10.3. The van der Waals surface area contributed by atoms with Crippen molar-refractivity contribution in [3.8, 4) is 11.1 Å². The van der Waals surface area contributed by atoms with E-state index in [1.54, 1.807) is 18.3 Å². The van der Waals surface area contributed by atoms with Crippen molar-refractivity contribution in [3.05, 3.63) is 77.2 Å². The number of nitrogens with zero attached hydrogens (tertiary/aromatic N) is 4. The molecule has 2 aromatic heterocycles. The largest absolute Gasteiger partial charge is 0.366 e. The number of fused-ring (bicyclic) bond motifs is 1. The molecule has 2 amide bonds. The Balaban J connectivity index is 1.45. The van der Waals surface area contributed by atoms with Crippen molar-refractivity contribution in [2.75, 3.05) is 17.7 Å². The Kier molecular flexibility index (Phi) is 5.12. The Hall–Kier alpha value is -3.69. The molecule has 1 fully saturated rings. The number of aromatic nitrogens is 3. The van der Waals surface area contributed by atoms with Gasteiger partial charge in [0.2, 0.25) is 5.95 Å². The number of nitrogen functional groups attached to an aromatic ring is 1. The minimum atomic E-state index is -0.672. The molecular formula is C22H18ClFN6O2. The number of amides is 2. The summed E-state index contributed by atoms with van der Waals surface area (Å²) < 4.78 is 16.9. The molecule has 3 N–H and O–H groups in total. The lowest BCUT2D eigenvalue weighted by molar-refractivity contribution is -0.0830. The summed E-state index contributed by atoms with van der Waals surface area (Å²) in [7, 11) is 0. The quantitative estimate of drug-likeness (QED) is 0.470. The van der Waals surface area contributed by atoms with Gasteiger partial charge in [0.05, 0.1) is 23.4 Å². The fourth-order valence-electron chi connectivity index (χ4n) is 3.76. The number of pyridine rings is 1. The number of hydrogen-bond donors (Lipinski definition) is 2. The van der Waals surface area contributed by atoms with Gasteiger partial charge < -0.3 is 11.1 Å². The fraction of sp³-hybridized carbons (Fsp3) is 0.136. The Bertz CT molecular complexity index is 1310. The van der Waals surface area contributed by atoms with Crippen molar-refractivity contribution < 1.29 is 14.0 Å². The van der Waals surface area contributed by atoms with Gasteiger partial charge in [-0.05, 0) is 29.8 Å². The van der Waals surface area contributed by atoms with E-state index in [-0.39, 0.29) is 28.3 Å². The van der Waals surface area contributed by atoms with E-state index < -0.39 is 11.8 Å². The molecule has 3 heterocycles. The third kappa shape index (κ3) is 3.61. The number of hydrogen-bond acceptors (Lipinski definition) is 5. The summed E-state index contributed by atoms with van der Waals surface area (Å²) >= 11 is 6.23. The average Bonchev–Trinajstić information content (AvgIpc) is 3.42. The number of urea groups is 1. The first-order chi connectivity index (χ1) is 15.5. The zero-order valence-corrected chi connectivity index (χ0v) is 17.5. The molecule has 0 radical (unpaired) electrons. The molecule has 8 nitrogen and oxygen atoms in total. The maximum absolute atomic E-state index is 15.5. The van der Waals surface area contributed by atoms with Gasteiger partial charge in [-0.3, -0.25) is 4.84 Å². The third-order valence-electron chi connectivity index (χ3n) is 5.27. The molecular weight excluding hydrogens is 435 g/mol. The minimum Gasteiger partial charge on any atom is -0.366 e. The molecule has 2 aromatic carbocycles.